The van der Waals surface area contributed by atoms with Crippen molar-refractivity contribution in [1.82, 2.24) is 5.32 Å². The summed E-state index contributed by atoms with van der Waals surface area (Å²) in [5, 5.41) is 11.7. The smallest absolute Gasteiger partial charge is 0.337 e. The molecule has 0 saturated carbocycles. The number of ether oxygens (including phenoxy) is 1. The van der Waals surface area contributed by atoms with Crippen LogP contribution in [-0.4, -0.2) is 43.9 Å². The van der Waals surface area contributed by atoms with Crippen LogP contribution in [0.5, 0.6) is 0 Å². The van der Waals surface area contributed by atoms with Gasteiger partial charge in [-0.15, -0.1) is 0 Å². The van der Waals surface area contributed by atoms with Crippen LogP contribution in [0.15, 0.2) is 24.3 Å². The van der Waals surface area contributed by atoms with Crippen LogP contribution in [0.4, 0.5) is 10.5 Å². The first-order valence-electron chi connectivity index (χ1n) is 5.99. The minimum Gasteiger partial charge on any atom is -0.478 e. The fourth-order valence-corrected chi connectivity index (χ4v) is 1.55. The van der Waals surface area contributed by atoms with Crippen molar-refractivity contribution in [3.8, 4) is 0 Å². The lowest BCUT2D eigenvalue weighted by Gasteiger charge is -2.19. The van der Waals surface area contributed by atoms with E-state index in [0.29, 0.717) is 25.4 Å². The molecule has 0 bridgehead atoms. The van der Waals surface area contributed by atoms with Crippen LogP contribution < -0.4 is 10.2 Å². The maximum atomic E-state index is 11.8. The number of anilines is 1. The quantitative estimate of drug-likeness (QED) is 0.766. The van der Waals surface area contributed by atoms with Gasteiger partial charge in [-0.1, -0.05) is 12.1 Å². The Balaban J connectivity index is 2.69. The summed E-state index contributed by atoms with van der Waals surface area (Å²) in [6, 6.07) is 5.99. The molecule has 0 radical (unpaired) electrons. The number of carbonyl (C=O) groups excluding carboxylic acids is 1. The number of carboxylic acid groups (broad SMARTS) is 1. The summed E-state index contributed by atoms with van der Waals surface area (Å²) in [4.78, 5) is 24.2. The van der Waals surface area contributed by atoms with E-state index in [1.165, 1.54) is 18.0 Å². The highest BCUT2D eigenvalue weighted by atomic mass is 16.5. The number of benzene rings is 1. The molecule has 2 amide bonds. The van der Waals surface area contributed by atoms with Crippen LogP contribution >= 0.6 is 0 Å². The molecule has 0 unspecified atom stereocenters. The van der Waals surface area contributed by atoms with Crippen LogP contribution in [0.2, 0.25) is 0 Å². The van der Waals surface area contributed by atoms with E-state index in [2.05, 4.69) is 5.32 Å². The highest BCUT2D eigenvalue weighted by molar-refractivity contribution is 6.01. The summed E-state index contributed by atoms with van der Waals surface area (Å²) in [7, 11) is 1.53. The maximum Gasteiger partial charge on any atom is 0.337 e. The summed E-state index contributed by atoms with van der Waals surface area (Å²) in [5.41, 5.74) is 0.439. The fourth-order valence-electron chi connectivity index (χ4n) is 1.55. The lowest BCUT2D eigenvalue weighted by Crippen LogP contribution is -2.39. The molecule has 0 heterocycles. The summed E-state index contributed by atoms with van der Waals surface area (Å²) >= 11 is 0. The van der Waals surface area contributed by atoms with Gasteiger partial charge in [0, 0.05) is 20.2 Å². The van der Waals surface area contributed by atoms with Crippen molar-refractivity contribution in [1.29, 1.82) is 0 Å². The first kappa shape index (κ1) is 15.0. The van der Waals surface area contributed by atoms with Crippen molar-refractivity contribution in [3.63, 3.8) is 0 Å². The van der Waals surface area contributed by atoms with Crippen molar-refractivity contribution < 1.29 is 19.4 Å². The Morgan fingerprint density at radius 2 is 2.05 bits per heavy atom. The highest BCUT2D eigenvalue weighted by Gasteiger charge is 2.17. The van der Waals surface area contributed by atoms with Crippen LogP contribution in [0, 0.1) is 0 Å². The second-order valence-electron chi connectivity index (χ2n) is 3.81. The van der Waals surface area contributed by atoms with Crippen molar-refractivity contribution in [3.05, 3.63) is 29.8 Å². The van der Waals surface area contributed by atoms with E-state index in [1.807, 2.05) is 6.92 Å². The van der Waals surface area contributed by atoms with Gasteiger partial charge in [-0.3, -0.25) is 4.90 Å². The number of rotatable bonds is 6. The molecule has 6 heteroatoms. The molecule has 0 atom stereocenters. The zero-order valence-electron chi connectivity index (χ0n) is 11.0. The number of amides is 2. The largest absolute Gasteiger partial charge is 0.478 e. The number of nitrogens with one attached hydrogen (secondary N) is 1. The minimum atomic E-state index is -1.07. The number of hydrogen-bond donors (Lipinski definition) is 2. The van der Waals surface area contributed by atoms with Gasteiger partial charge < -0.3 is 15.2 Å². The first-order chi connectivity index (χ1) is 9.07. The maximum absolute atomic E-state index is 11.8. The zero-order chi connectivity index (χ0) is 14.3. The number of urea groups is 1. The van der Waals surface area contributed by atoms with Gasteiger partial charge in [-0.05, 0) is 19.1 Å². The second-order valence-corrected chi connectivity index (χ2v) is 3.81. The molecule has 19 heavy (non-hydrogen) atoms. The van der Waals surface area contributed by atoms with E-state index < -0.39 is 5.97 Å². The second kappa shape index (κ2) is 7.38. The molecule has 0 saturated heterocycles. The van der Waals surface area contributed by atoms with Gasteiger partial charge in [0.15, 0.2) is 0 Å². The van der Waals surface area contributed by atoms with E-state index in [4.69, 9.17) is 9.84 Å². The SMILES string of the molecule is CCOCCNC(=O)N(C)c1ccccc1C(=O)O. The molecule has 0 aliphatic carbocycles. The molecular weight excluding hydrogens is 248 g/mol. The first-order valence-corrected chi connectivity index (χ1v) is 5.99. The van der Waals surface area contributed by atoms with Crippen molar-refractivity contribution in [2.45, 2.75) is 6.92 Å². The Morgan fingerprint density at radius 1 is 1.37 bits per heavy atom. The summed E-state index contributed by atoms with van der Waals surface area (Å²) in [5.74, 6) is -1.07. The molecule has 1 aromatic rings. The Kier molecular flexibility index (Phi) is 5.81. The zero-order valence-corrected chi connectivity index (χ0v) is 11.0. The molecule has 0 spiro atoms. The van der Waals surface area contributed by atoms with E-state index in [9.17, 15) is 9.59 Å². The predicted octanol–water partition coefficient (Wildman–Crippen LogP) is 1.57. The summed E-state index contributed by atoms with van der Waals surface area (Å²) < 4.78 is 5.10. The van der Waals surface area contributed by atoms with E-state index in [1.54, 1.807) is 18.2 Å². The number of carboxylic acids is 1. The standard InChI is InChI=1S/C13H18N2O4/c1-3-19-9-8-14-13(18)15(2)11-7-5-4-6-10(11)12(16)17/h4-7H,3,8-9H2,1-2H3,(H,14,18)(H,16,17). The number of hydrogen-bond acceptors (Lipinski definition) is 3. The Labute approximate surface area is 112 Å². The van der Waals surface area contributed by atoms with Gasteiger partial charge in [0.2, 0.25) is 0 Å². The topological polar surface area (TPSA) is 78.9 Å². The molecule has 6 nitrogen and oxygen atoms in total. The number of aromatic carboxylic acids is 1. The Hall–Kier alpha value is -2.08. The lowest BCUT2D eigenvalue weighted by atomic mass is 10.1. The number of nitrogens with zero attached hydrogens (tertiary/aromatic N) is 1. The molecular formula is C13H18N2O4. The number of para-hydroxylation sites is 1. The van der Waals surface area contributed by atoms with Gasteiger partial charge >= 0.3 is 12.0 Å². The third-order valence-electron chi connectivity index (χ3n) is 2.53. The van der Waals surface area contributed by atoms with Crippen LogP contribution in [0.1, 0.15) is 17.3 Å². The van der Waals surface area contributed by atoms with E-state index in [-0.39, 0.29) is 11.6 Å². The van der Waals surface area contributed by atoms with Gasteiger partial charge in [-0.25, -0.2) is 9.59 Å². The highest BCUT2D eigenvalue weighted by Crippen LogP contribution is 2.18. The number of carbonyl (C=O) groups is 2. The van der Waals surface area contributed by atoms with E-state index >= 15 is 0 Å². The van der Waals surface area contributed by atoms with Crippen molar-refractivity contribution >= 4 is 17.7 Å². The molecule has 0 fully saturated rings. The third-order valence-corrected chi connectivity index (χ3v) is 2.53. The molecule has 1 rings (SSSR count). The third kappa shape index (κ3) is 4.26. The predicted molar refractivity (Wildman–Crippen MR) is 71.7 cm³/mol. The molecule has 104 valence electrons. The lowest BCUT2D eigenvalue weighted by molar-refractivity contribution is 0.0697. The van der Waals surface area contributed by atoms with E-state index in [0.717, 1.165) is 0 Å². The van der Waals surface area contributed by atoms with Gasteiger partial charge in [-0.2, -0.15) is 0 Å². The normalized spacial score (nSPS) is 10.0. The molecule has 0 aliphatic rings. The van der Waals surface area contributed by atoms with Gasteiger partial charge in [0.05, 0.1) is 17.9 Å². The molecule has 0 aromatic heterocycles. The van der Waals surface area contributed by atoms with Crippen molar-refractivity contribution in [2.75, 3.05) is 31.7 Å². The molecule has 1 aromatic carbocycles. The Morgan fingerprint density at radius 3 is 2.68 bits per heavy atom. The van der Waals surface area contributed by atoms with Crippen LogP contribution in [-0.2, 0) is 4.74 Å². The Bertz CT molecular complexity index is 448. The average molecular weight is 266 g/mol. The van der Waals surface area contributed by atoms with Crippen molar-refractivity contribution in [2.24, 2.45) is 0 Å². The monoisotopic (exact) mass is 266 g/mol. The fraction of sp³-hybridized carbons (Fsp3) is 0.385. The van der Waals surface area contributed by atoms with Gasteiger partial charge in [0.25, 0.3) is 0 Å². The molecule has 0 aliphatic heterocycles. The molecule has 2 N–H and O–H groups in total. The minimum absolute atomic E-state index is 0.0879. The summed E-state index contributed by atoms with van der Waals surface area (Å²) in [6.45, 7) is 3.27. The average Bonchev–Trinajstić information content (AvgIpc) is 2.42. The van der Waals surface area contributed by atoms with Gasteiger partial charge in [0.1, 0.15) is 0 Å². The van der Waals surface area contributed by atoms with Crippen LogP contribution in [0.3, 0.4) is 0 Å². The summed E-state index contributed by atoms with van der Waals surface area (Å²) in [6.07, 6.45) is 0. The van der Waals surface area contributed by atoms with Crippen LogP contribution in [0.25, 0.3) is 0 Å².